The van der Waals surface area contributed by atoms with Crippen LogP contribution in [0.15, 0.2) is 71.4 Å². The van der Waals surface area contributed by atoms with Crippen molar-refractivity contribution in [1.82, 2.24) is 0 Å². The average Bonchev–Trinajstić information content (AvgIpc) is 3.57. The topological polar surface area (TPSA) is 107 Å². The van der Waals surface area contributed by atoms with Crippen molar-refractivity contribution in [3.8, 4) is 5.75 Å². The number of fused-ring (bicyclic) bond motifs is 4. The first-order valence-electron chi connectivity index (χ1n) is 20.7. The quantitative estimate of drug-likeness (QED) is 0.0472. The Morgan fingerprint density at radius 2 is 1.70 bits per heavy atom. The minimum Gasteiger partial charge on any atom is -0.497 e. The first-order valence-corrected chi connectivity index (χ1v) is 23.6. The van der Waals surface area contributed by atoms with E-state index >= 15 is 0 Å². The Morgan fingerprint density at radius 3 is 2.32 bits per heavy atom. The van der Waals surface area contributed by atoms with Gasteiger partial charge in [0.2, 0.25) is 0 Å². The van der Waals surface area contributed by atoms with E-state index in [1.807, 2.05) is 64.1 Å². The SMILES string of the molecule is C/C=C/CCCCC[C@@H]1C=C2C(OCc3ccc(OC)cc3)[C@H](C3=C(CC24COC(C)(C)O4)C(=O)OC3=O)[C@H]1C[C@@H](O[Si](C)(C)C(C)(C)C)C(=O)CC/C=C/C. The van der Waals surface area contributed by atoms with Crippen molar-refractivity contribution in [2.45, 2.75) is 155 Å². The van der Waals surface area contributed by atoms with Gasteiger partial charge in [-0.05, 0) is 113 Å². The fraction of sp³-hybridized carbons (Fsp3) is 0.630. The van der Waals surface area contributed by atoms with Gasteiger partial charge in [-0.3, -0.25) is 4.79 Å². The van der Waals surface area contributed by atoms with Gasteiger partial charge in [0.1, 0.15) is 17.5 Å². The zero-order valence-corrected chi connectivity index (χ0v) is 36.5. The minimum absolute atomic E-state index is 0.0575. The third-order valence-electron chi connectivity index (χ3n) is 12.5. The number of ketones is 1. The van der Waals surface area contributed by atoms with E-state index in [4.69, 9.17) is 28.1 Å². The van der Waals surface area contributed by atoms with Crippen LogP contribution in [0.3, 0.4) is 0 Å². The van der Waals surface area contributed by atoms with Crippen molar-refractivity contribution in [3.63, 3.8) is 0 Å². The molecule has 2 heterocycles. The Hall–Kier alpha value is -3.15. The number of hydrogen-bond donors (Lipinski definition) is 0. The van der Waals surface area contributed by atoms with Crippen LogP contribution in [0.2, 0.25) is 18.1 Å². The molecule has 10 heteroatoms. The molecule has 308 valence electrons. The zero-order valence-electron chi connectivity index (χ0n) is 35.5. The molecule has 4 aliphatic rings. The number of benzene rings is 1. The van der Waals surface area contributed by atoms with Gasteiger partial charge in [-0.2, -0.15) is 0 Å². The predicted octanol–water partition coefficient (Wildman–Crippen LogP) is 9.91. The van der Waals surface area contributed by atoms with Crippen LogP contribution >= 0.6 is 0 Å². The van der Waals surface area contributed by atoms with Crippen LogP contribution in [-0.4, -0.2) is 63.4 Å². The minimum atomic E-state index is -2.44. The number of cyclic esters (lactones) is 2. The lowest BCUT2D eigenvalue weighted by Crippen LogP contribution is -2.51. The Bertz CT molecular complexity index is 1690. The lowest BCUT2D eigenvalue weighted by atomic mass is 9.64. The normalized spacial score (nSPS) is 26.9. The second-order valence-corrected chi connectivity index (χ2v) is 22.7. The summed E-state index contributed by atoms with van der Waals surface area (Å²) in [5.74, 6) is -2.34. The van der Waals surface area contributed by atoms with Crippen LogP contribution in [-0.2, 0) is 44.4 Å². The predicted molar refractivity (Wildman–Crippen MR) is 220 cm³/mol. The van der Waals surface area contributed by atoms with E-state index in [0.29, 0.717) is 30.4 Å². The summed E-state index contributed by atoms with van der Waals surface area (Å²) in [6.45, 7) is 19.1. The van der Waals surface area contributed by atoms with Gasteiger partial charge >= 0.3 is 11.9 Å². The molecule has 2 bridgehead atoms. The van der Waals surface area contributed by atoms with Gasteiger partial charge < -0.3 is 28.1 Å². The molecule has 1 saturated heterocycles. The molecule has 9 nitrogen and oxygen atoms in total. The molecule has 0 radical (unpaired) electrons. The molecule has 2 unspecified atom stereocenters. The van der Waals surface area contributed by atoms with Gasteiger partial charge in [0.05, 0.1) is 37.6 Å². The van der Waals surface area contributed by atoms with E-state index in [0.717, 1.165) is 49.0 Å². The molecular formula is C46H66O9Si. The number of unbranched alkanes of at least 4 members (excludes halogenated alkanes) is 3. The van der Waals surface area contributed by atoms with Gasteiger partial charge in [-0.15, -0.1) is 0 Å². The van der Waals surface area contributed by atoms with Crippen molar-refractivity contribution in [2.75, 3.05) is 13.7 Å². The van der Waals surface area contributed by atoms with Crippen LogP contribution in [0.4, 0.5) is 0 Å². The van der Waals surface area contributed by atoms with E-state index in [-0.39, 0.29) is 42.3 Å². The summed E-state index contributed by atoms with van der Waals surface area (Å²) in [5, 5.41) is -0.135. The second-order valence-electron chi connectivity index (χ2n) is 18.0. The van der Waals surface area contributed by atoms with Crippen molar-refractivity contribution < 1.29 is 42.5 Å². The maximum absolute atomic E-state index is 14.4. The molecule has 0 N–H and O–H groups in total. The Morgan fingerprint density at radius 1 is 1.00 bits per heavy atom. The number of Topliss-reactive ketones (excluding diaryl/α,β-unsaturated/α-hetero) is 1. The molecule has 1 spiro atoms. The largest absolute Gasteiger partial charge is 0.497 e. The summed E-state index contributed by atoms with van der Waals surface area (Å²) in [6.07, 6.45) is 15.6. The third kappa shape index (κ3) is 9.92. The number of rotatable bonds is 18. The van der Waals surface area contributed by atoms with E-state index in [1.54, 1.807) is 7.11 Å². The van der Waals surface area contributed by atoms with E-state index in [2.05, 4.69) is 52.1 Å². The molecule has 56 heavy (non-hydrogen) atoms. The van der Waals surface area contributed by atoms with Gasteiger partial charge in [-0.1, -0.05) is 76.1 Å². The lowest BCUT2D eigenvalue weighted by molar-refractivity contribution is -0.162. The number of carbonyl (C=O) groups excluding carboxylic acids is 3. The zero-order chi connectivity index (χ0) is 40.9. The number of carbonyl (C=O) groups is 3. The molecule has 6 atom stereocenters. The van der Waals surface area contributed by atoms with Crippen molar-refractivity contribution in [1.29, 1.82) is 0 Å². The van der Waals surface area contributed by atoms with Crippen LogP contribution in [0.1, 0.15) is 112 Å². The summed E-state index contributed by atoms with van der Waals surface area (Å²) >= 11 is 0. The van der Waals surface area contributed by atoms with Crippen molar-refractivity contribution in [2.24, 2.45) is 17.8 Å². The van der Waals surface area contributed by atoms with Crippen molar-refractivity contribution >= 4 is 26.0 Å². The molecular weight excluding hydrogens is 725 g/mol. The highest BCUT2D eigenvalue weighted by molar-refractivity contribution is 6.74. The molecule has 1 fully saturated rings. The van der Waals surface area contributed by atoms with Gasteiger partial charge in [0, 0.05) is 18.8 Å². The first-order chi connectivity index (χ1) is 26.5. The number of hydrogen-bond acceptors (Lipinski definition) is 9. The fourth-order valence-electron chi connectivity index (χ4n) is 8.57. The molecule has 5 rings (SSSR count). The summed E-state index contributed by atoms with van der Waals surface area (Å²) in [6, 6.07) is 7.72. The average molecular weight is 791 g/mol. The van der Waals surface area contributed by atoms with Gasteiger partial charge in [0.15, 0.2) is 19.9 Å². The van der Waals surface area contributed by atoms with Crippen LogP contribution in [0.25, 0.3) is 0 Å². The molecule has 2 aliphatic carbocycles. The number of esters is 2. The highest BCUT2D eigenvalue weighted by atomic mass is 28.4. The molecule has 1 aromatic rings. The third-order valence-corrected chi connectivity index (χ3v) is 17.0. The molecule has 2 aliphatic heterocycles. The fourth-order valence-corrected chi connectivity index (χ4v) is 9.86. The van der Waals surface area contributed by atoms with Gasteiger partial charge in [-0.25, -0.2) is 9.59 Å². The lowest BCUT2D eigenvalue weighted by Gasteiger charge is -2.47. The Labute approximate surface area is 336 Å². The smallest absolute Gasteiger partial charge is 0.342 e. The number of methoxy groups -OCH3 is 1. The summed E-state index contributed by atoms with van der Waals surface area (Å²) in [4.78, 5) is 42.2. The standard InChI is InChI=1S/C46H66O9Si/c1-11-13-15-16-17-19-20-32-26-36-41(51-29-31-22-24-33(50-8)25-23-31)39(40-35(42(48)53-43(40)49)28-46(36)30-52-45(6,7)55-46)34(32)27-38(37(47)21-18-14-12-2)54-56(9,10)44(3,4)5/h11-14,22-26,32,34,38-39,41H,15-21,27-30H2,1-10H3/b13-11+,14-12+/t32-,34+,38-,39+,41?,46?/m1/s1. The van der Waals surface area contributed by atoms with Crippen LogP contribution in [0.5, 0.6) is 5.75 Å². The molecule has 0 saturated carbocycles. The number of ether oxygens (including phenoxy) is 5. The highest BCUT2D eigenvalue weighted by Crippen LogP contribution is 2.56. The van der Waals surface area contributed by atoms with Crippen LogP contribution < -0.4 is 4.74 Å². The molecule has 0 aromatic heterocycles. The van der Waals surface area contributed by atoms with Gasteiger partial charge in [0.25, 0.3) is 0 Å². The Kier molecular flexibility index (Phi) is 14.3. The highest BCUT2D eigenvalue weighted by Gasteiger charge is 2.61. The first kappa shape index (κ1) is 44.0. The summed E-state index contributed by atoms with van der Waals surface area (Å²) < 4.78 is 38.1. The summed E-state index contributed by atoms with van der Waals surface area (Å²) in [7, 11) is -0.811. The van der Waals surface area contributed by atoms with E-state index in [9.17, 15) is 14.4 Å². The summed E-state index contributed by atoms with van der Waals surface area (Å²) in [5.41, 5.74) is 1.44. The second kappa shape index (κ2) is 18.2. The van der Waals surface area contributed by atoms with E-state index in [1.165, 1.54) is 0 Å². The van der Waals surface area contributed by atoms with Crippen LogP contribution in [0, 0.1) is 17.8 Å². The van der Waals surface area contributed by atoms with Crippen molar-refractivity contribution in [3.05, 3.63) is 76.9 Å². The monoisotopic (exact) mass is 790 g/mol. The maximum Gasteiger partial charge on any atom is 0.342 e. The maximum atomic E-state index is 14.4. The number of allylic oxidation sites excluding steroid dienone is 5. The Balaban J connectivity index is 1.67. The molecule has 1 aromatic carbocycles. The molecule has 0 amide bonds. The van der Waals surface area contributed by atoms with E-state index < -0.39 is 49.8 Å².